The van der Waals surface area contributed by atoms with Crippen LogP contribution in [0.2, 0.25) is 0 Å². The molecule has 3 rings (SSSR count). The molecular formula is C14H10AcBF4N2O3-. The molecule has 0 atom stereocenters. The first-order valence-electron chi connectivity index (χ1n) is 7.01. The number of nitrogens with one attached hydrogen (secondary N) is 1. The van der Waals surface area contributed by atoms with Crippen LogP contribution in [0.15, 0.2) is 11.0 Å². The molecule has 1 aliphatic carbocycles. The Morgan fingerprint density at radius 1 is 1.32 bits per heavy atom. The van der Waals surface area contributed by atoms with Gasteiger partial charge in [0.2, 0.25) is 5.43 Å². The van der Waals surface area contributed by atoms with Crippen LogP contribution >= 0.6 is 0 Å². The topological polar surface area (TPSA) is 72.1 Å². The number of carbonyl (C=O) groups is 1. The van der Waals surface area contributed by atoms with E-state index in [1.54, 1.807) is 0 Å². The van der Waals surface area contributed by atoms with Gasteiger partial charge in [-0.25, -0.2) is 22.2 Å². The zero-order valence-corrected chi connectivity index (χ0v) is 17.7. The Labute approximate surface area is 175 Å². The molecule has 1 heterocycles. The summed E-state index contributed by atoms with van der Waals surface area (Å²) in [6.07, 6.45) is 2.33. The summed E-state index contributed by atoms with van der Waals surface area (Å²) in [5.41, 5.74) is 4.58. The molecule has 11 heteroatoms. The first-order valence-corrected chi connectivity index (χ1v) is 7.01. The van der Waals surface area contributed by atoms with Gasteiger partial charge in [-0.05, 0) is 19.8 Å². The summed E-state index contributed by atoms with van der Waals surface area (Å²) >= 11 is 0. The molecule has 0 aliphatic heterocycles. The van der Waals surface area contributed by atoms with Crippen LogP contribution in [0.3, 0.4) is 0 Å². The summed E-state index contributed by atoms with van der Waals surface area (Å²) in [6, 6.07) is -0.186. The van der Waals surface area contributed by atoms with Crippen molar-refractivity contribution in [2.75, 3.05) is 0 Å². The number of hydrogen-bond donors (Lipinski definition) is 0. The molecule has 1 aromatic heterocycles. The monoisotopic (exact) mass is 568 g/mol. The van der Waals surface area contributed by atoms with E-state index in [1.165, 1.54) is 11.5 Å². The molecule has 1 aliphatic rings. The summed E-state index contributed by atoms with van der Waals surface area (Å²) in [4.78, 5) is 24.1. The van der Waals surface area contributed by atoms with E-state index in [4.69, 9.17) is 5.73 Å². The van der Waals surface area contributed by atoms with Crippen LogP contribution in [0.4, 0.5) is 23.1 Å². The van der Waals surface area contributed by atoms with Crippen molar-refractivity contribution in [1.82, 2.24) is 4.57 Å². The number of benzene rings is 1. The minimum atomic E-state index is -3.43. The quantitative estimate of drug-likeness (QED) is 0.420. The number of carbonyl (C=O) groups excluding carboxylic acids is 1. The van der Waals surface area contributed by atoms with Gasteiger partial charge in [-0.1, -0.05) is 5.69 Å². The molecule has 129 valence electrons. The fourth-order valence-electron chi connectivity index (χ4n) is 2.67. The van der Waals surface area contributed by atoms with E-state index >= 15 is 0 Å². The minimum absolute atomic E-state index is 0. The number of fused-ring (bicyclic) bond motifs is 1. The van der Waals surface area contributed by atoms with E-state index in [9.17, 15) is 27.0 Å². The van der Waals surface area contributed by atoms with Gasteiger partial charge in [0.1, 0.15) is 11.4 Å². The maximum Gasteiger partial charge on any atom is 0.798 e. The maximum atomic E-state index is 13.9. The van der Waals surface area contributed by atoms with Gasteiger partial charge >= 0.3 is 13.4 Å². The fourth-order valence-corrected chi connectivity index (χ4v) is 2.67. The standard InChI is InChI=1S/C14H11BF4N2O3.Ac/c1-5-9(16)10(17)11(20)8-12(5)21(6-2-3-6)4-7(13(8)22)14(23)24-15(18)19;/h4,6H,2-3H2,1H3,(H2,20,22);/p-1. The third kappa shape index (κ3) is 3.45. The van der Waals surface area contributed by atoms with Crippen molar-refractivity contribution in [3.63, 3.8) is 0 Å². The normalized spacial score (nSPS) is 13.5. The van der Waals surface area contributed by atoms with E-state index in [-0.39, 0.29) is 61.2 Å². The summed E-state index contributed by atoms with van der Waals surface area (Å²) in [5.74, 6) is -4.36. The molecule has 1 fully saturated rings. The van der Waals surface area contributed by atoms with Crippen LogP contribution < -0.4 is 5.43 Å². The summed E-state index contributed by atoms with van der Waals surface area (Å²) in [5, 5.41) is -0.526. The number of halogens is 4. The van der Waals surface area contributed by atoms with Gasteiger partial charge in [-0.2, -0.15) is 0 Å². The average molecular weight is 568 g/mol. The zero-order chi connectivity index (χ0) is 17.8. The molecular weight excluding hydrogens is 558 g/mol. The van der Waals surface area contributed by atoms with E-state index in [0.29, 0.717) is 12.8 Å². The largest absolute Gasteiger partial charge is 0.798 e. The van der Waals surface area contributed by atoms with E-state index in [1.807, 2.05) is 0 Å². The molecule has 1 saturated carbocycles. The fraction of sp³-hybridized carbons (Fsp3) is 0.286. The predicted molar refractivity (Wildman–Crippen MR) is 78.5 cm³/mol. The van der Waals surface area contributed by atoms with Crippen LogP contribution in [0.1, 0.15) is 34.8 Å². The van der Waals surface area contributed by atoms with Crippen LogP contribution in [0.25, 0.3) is 16.6 Å². The summed E-state index contributed by atoms with van der Waals surface area (Å²) in [7, 11) is -3.43. The van der Waals surface area contributed by atoms with Crippen molar-refractivity contribution >= 4 is 30.0 Å². The zero-order valence-electron chi connectivity index (χ0n) is 12.9. The predicted octanol–water partition coefficient (Wildman–Crippen LogP) is 3.69. The van der Waals surface area contributed by atoms with Crippen molar-refractivity contribution in [2.45, 2.75) is 25.8 Å². The second-order valence-electron chi connectivity index (χ2n) is 5.53. The van der Waals surface area contributed by atoms with Gasteiger partial charge in [0.05, 0.1) is 5.52 Å². The number of nitrogens with zero attached hydrogens (tertiary/aromatic N) is 1. The second kappa shape index (κ2) is 7.27. The molecule has 1 N–H and O–H groups in total. The smallest absolute Gasteiger partial charge is 0.696 e. The van der Waals surface area contributed by atoms with Gasteiger partial charge in [0.15, 0.2) is 5.82 Å². The van der Waals surface area contributed by atoms with Crippen LogP contribution in [0.5, 0.6) is 0 Å². The second-order valence-corrected chi connectivity index (χ2v) is 5.53. The molecule has 2 aromatic rings. The molecule has 0 amide bonds. The van der Waals surface area contributed by atoms with Gasteiger partial charge in [0.25, 0.3) is 0 Å². The van der Waals surface area contributed by atoms with Crippen LogP contribution in [-0.2, 0) is 4.65 Å². The SMILES string of the molecule is Cc1c(F)c(F)c([NH-])c2c(=O)c(C(=O)OB(F)F)cn(C3CC3)c12.[Ac]. The Balaban J connectivity index is 0.00000225. The molecule has 5 nitrogen and oxygen atoms in total. The van der Waals surface area contributed by atoms with Crippen molar-refractivity contribution in [3.8, 4) is 0 Å². The Kier molecular flexibility index (Phi) is 5.89. The molecule has 0 saturated heterocycles. The molecule has 1 radical (unpaired) electrons. The van der Waals surface area contributed by atoms with Crippen LogP contribution in [0, 0.1) is 62.6 Å². The van der Waals surface area contributed by atoms with E-state index in [2.05, 4.69) is 4.65 Å². The maximum absolute atomic E-state index is 13.9. The summed E-state index contributed by atoms with van der Waals surface area (Å²) in [6.45, 7) is 1.25. The molecule has 0 spiro atoms. The summed E-state index contributed by atoms with van der Waals surface area (Å²) < 4.78 is 57.4. The number of aromatic nitrogens is 1. The van der Waals surface area contributed by atoms with Crippen molar-refractivity contribution in [2.24, 2.45) is 0 Å². The van der Waals surface area contributed by atoms with Crippen molar-refractivity contribution in [3.05, 3.63) is 44.9 Å². The Bertz CT molecular complexity index is 931. The van der Waals surface area contributed by atoms with Crippen LogP contribution in [-0.4, -0.2) is 18.0 Å². The van der Waals surface area contributed by atoms with Crippen molar-refractivity contribution in [1.29, 1.82) is 0 Å². The van der Waals surface area contributed by atoms with Gasteiger partial charge in [0, 0.05) is 67.3 Å². The van der Waals surface area contributed by atoms with Gasteiger partial charge in [-0.3, -0.25) is 4.79 Å². The molecule has 0 unspecified atom stereocenters. The van der Waals surface area contributed by atoms with E-state index in [0.717, 1.165) is 6.20 Å². The Hall–Kier alpha value is -1.07. The van der Waals surface area contributed by atoms with Gasteiger partial charge < -0.3 is 15.0 Å². The third-order valence-corrected chi connectivity index (χ3v) is 3.94. The average Bonchev–Trinajstić information content (AvgIpc) is 3.34. The minimum Gasteiger partial charge on any atom is -0.696 e. The molecule has 25 heavy (non-hydrogen) atoms. The van der Waals surface area contributed by atoms with E-state index < -0.39 is 47.1 Å². The number of hydrogen-bond acceptors (Lipinski definition) is 3. The Morgan fingerprint density at radius 3 is 2.44 bits per heavy atom. The van der Waals surface area contributed by atoms with Gasteiger partial charge in [-0.15, -0.1) is 0 Å². The van der Waals surface area contributed by atoms with Crippen molar-refractivity contribution < 1.29 is 70.9 Å². The number of rotatable bonds is 3. The molecule has 1 aromatic carbocycles. The Morgan fingerprint density at radius 2 is 1.92 bits per heavy atom. The number of pyridine rings is 1. The molecule has 0 bridgehead atoms. The first-order chi connectivity index (χ1) is 11.2. The first kappa shape index (κ1) is 20.2. The third-order valence-electron chi connectivity index (χ3n) is 3.94. The number of aryl methyl sites for hydroxylation is 1.